The quantitative estimate of drug-likeness (QED) is 0.576. The molecule has 0 aliphatic rings. The molecule has 158 valence electrons. The number of hydrogen-bond donors (Lipinski definition) is 1. The number of aromatic nitrogens is 2. The summed E-state index contributed by atoms with van der Waals surface area (Å²) in [5.74, 6) is -0.939. The minimum atomic E-state index is -4.71. The van der Waals surface area contributed by atoms with Gasteiger partial charge in [-0.15, -0.1) is 0 Å². The zero-order valence-electron chi connectivity index (χ0n) is 15.8. The number of esters is 1. The van der Waals surface area contributed by atoms with Crippen LogP contribution in [-0.4, -0.2) is 28.0 Å². The molecule has 0 aliphatic carbocycles. The molecule has 0 unspecified atom stereocenters. The van der Waals surface area contributed by atoms with Crippen LogP contribution in [0.2, 0.25) is 5.02 Å². The molecule has 10 heteroatoms. The monoisotopic (exact) mass is 439 g/mol. The van der Waals surface area contributed by atoms with Gasteiger partial charge in [-0.2, -0.15) is 13.2 Å². The number of alkyl halides is 3. The van der Waals surface area contributed by atoms with Gasteiger partial charge in [0, 0.05) is 11.4 Å². The van der Waals surface area contributed by atoms with Crippen molar-refractivity contribution < 1.29 is 27.5 Å². The van der Waals surface area contributed by atoms with Crippen LogP contribution in [0.15, 0.2) is 42.5 Å². The van der Waals surface area contributed by atoms with Gasteiger partial charge in [0.05, 0.1) is 22.3 Å². The highest BCUT2D eigenvalue weighted by Gasteiger charge is 2.34. The third kappa shape index (κ3) is 4.91. The molecule has 3 rings (SSSR count). The molecule has 0 bridgehead atoms. The van der Waals surface area contributed by atoms with E-state index in [1.54, 1.807) is 10.6 Å². The van der Waals surface area contributed by atoms with Gasteiger partial charge in [0.25, 0.3) is 5.91 Å². The number of anilines is 1. The Morgan fingerprint density at radius 1 is 1.20 bits per heavy atom. The van der Waals surface area contributed by atoms with E-state index in [2.05, 4.69) is 10.3 Å². The Balaban J connectivity index is 1.65. The van der Waals surface area contributed by atoms with Crippen molar-refractivity contribution in [1.29, 1.82) is 0 Å². The fourth-order valence-electron chi connectivity index (χ4n) is 2.94. The largest absolute Gasteiger partial charge is 0.454 e. The van der Waals surface area contributed by atoms with Crippen LogP contribution in [0.25, 0.3) is 11.0 Å². The van der Waals surface area contributed by atoms with Crippen LogP contribution < -0.4 is 5.32 Å². The zero-order valence-corrected chi connectivity index (χ0v) is 16.5. The van der Waals surface area contributed by atoms with E-state index in [-0.39, 0.29) is 11.6 Å². The summed E-state index contributed by atoms with van der Waals surface area (Å²) in [6.07, 6.45) is -4.12. The number of amides is 1. The van der Waals surface area contributed by atoms with E-state index in [4.69, 9.17) is 16.3 Å². The molecular weight excluding hydrogens is 423 g/mol. The molecule has 1 amide bonds. The van der Waals surface area contributed by atoms with Crippen molar-refractivity contribution >= 4 is 40.2 Å². The molecule has 0 saturated heterocycles. The lowest BCUT2D eigenvalue weighted by Gasteiger charge is -2.14. The molecule has 0 atom stereocenters. The Labute approximate surface area is 174 Å². The third-order valence-corrected chi connectivity index (χ3v) is 4.50. The first-order valence-corrected chi connectivity index (χ1v) is 9.33. The van der Waals surface area contributed by atoms with E-state index in [0.29, 0.717) is 18.3 Å². The second kappa shape index (κ2) is 8.74. The normalized spacial score (nSPS) is 11.5. The first-order valence-electron chi connectivity index (χ1n) is 8.95. The molecule has 0 fully saturated rings. The van der Waals surface area contributed by atoms with Crippen molar-refractivity contribution in [3.63, 3.8) is 0 Å². The van der Waals surface area contributed by atoms with E-state index in [0.717, 1.165) is 17.1 Å². The highest BCUT2D eigenvalue weighted by molar-refractivity contribution is 6.30. The van der Waals surface area contributed by atoms with Crippen LogP contribution in [0.1, 0.15) is 18.3 Å². The maximum atomic E-state index is 13.1. The molecule has 1 heterocycles. The van der Waals surface area contributed by atoms with Crippen molar-refractivity contribution in [2.45, 2.75) is 26.1 Å². The Morgan fingerprint density at radius 3 is 2.63 bits per heavy atom. The number of aryl methyl sites for hydroxylation is 1. The molecule has 30 heavy (non-hydrogen) atoms. The number of halogens is 4. The fraction of sp³-hybridized carbons (Fsp3) is 0.250. The van der Waals surface area contributed by atoms with E-state index in [1.165, 1.54) is 6.07 Å². The lowest BCUT2D eigenvalue weighted by atomic mass is 10.1. The van der Waals surface area contributed by atoms with E-state index in [1.807, 2.05) is 25.1 Å². The number of rotatable bonds is 6. The second-order valence-electron chi connectivity index (χ2n) is 6.35. The number of hydrogen-bond acceptors (Lipinski definition) is 4. The number of benzene rings is 2. The lowest BCUT2D eigenvalue weighted by Crippen LogP contribution is -2.24. The Hall–Kier alpha value is -3.07. The second-order valence-corrected chi connectivity index (χ2v) is 6.79. The van der Waals surface area contributed by atoms with Crippen LogP contribution in [0, 0.1) is 0 Å². The summed E-state index contributed by atoms with van der Waals surface area (Å²) in [5.41, 5.74) is -0.0944. The van der Waals surface area contributed by atoms with E-state index >= 15 is 0 Å². The highest BCUT2D eigenvalue weighted by atomic mass is 35.5. The summed E-state index contributed by atoms with van der Waals surface area (Å²) in [5, 5.41) is 1.98. The number of imidazole rings is 1. The average molecular weight is 440 g/mol. The Bertz CT molecular complexity index is 1100. The minimum Gasteiger partial charge on any atom is -0.454 e. The van der Waals surface area contributed by atoms with Gasteiger partial charge in [-0.25, -0.2) is 4.98 Å². The van der Waals surface area contributed by atoms with Gasteiger partial charge in [0.2, 0.25) is 0 Å². The molecule has 3 aromatic rings. The number of nitrogens with one attached hydrogen (secondary N) is 1. The summed E-state index contributed by atoms with van der Waals surface area (Å²) in [6.45, 7) is 0.986. The number of ether oxygens (including phenoxy) is 1. The molecule has 2 aromatic carbocycles. The van der Waals surface area contributed by atoms with Crippen LogP contribution in [0.5, 0.6) is 0 Å². The maximum Gasteiger partial charge on any atom is 0.418 e. The van der Waals surface area contributed by atoms with E-state index in [9.17, 15) is 22.8 Å². The van der Waals surface area contributed by atoms with Gasteiger partial charge < -0.3 is 14.6 Å². The van der Waals surface area contributed by atoms with Gasteiger partial charge in [-0.3, -0.25) is 9.59 Å². The van der Waals surface area contributed by atoms with Gasteiger partial charge >= 0.3 is 12.1 Å². The Morgan fingerprint density at radius 2 is 1.93 bits per heavy atom. The topological polar surface area (TPSA) is 73.2 Å². The molecule has 0 saturated carbocycles. The standard InChI is InChI=1S/C20H17ClF3N3O3/c1-2-17-25-15-5-3-4-6-16(15)27(17)10-19(29)30-11-18(28)26-14-8-7-12(21)9-13(14)20(22,23)24/h3-9H,2,10-11H2,1H3,(H,26,28). The molecule has 1 aromatic heterocycles. The van der Waals surface area contributed by atoms with Gasteiger partial charge in [0.15, 0.2) is 6.61 Å². The van der Waals surface area contributed by atoms with Gasteiger partial charge in [-0.05, 0) is 30.3 Å². The maximum absolute atomic E-state index is 13.1. The van der Waals surface area contributed by atoms with Crippen molar-refractivity contribution in [2.75, 3.05) is 11.9 Å². The van der Waals surface area contributed by atoms with Crippen LogP contribution in [0.4, 0.5) is 18.9 Å². The summed E-state index contributed by atoms with van der Waals surface area (Å²) in [6, 6.07) is 10.2. The summed E-state index contributed by atoms with van der Waals surface area (Å²) < 4.78 is 45.9. The zero-order chi connectivity index (χ0) is 21.9. The van der Waals surface area contributed by atoms with Crippen LogP contribution >= 0.6 is 11.6 Å². The molecular formula is C20H17ClF3N3O3. The summed E-state index contributed by atoms with van der Waals surface area (Å²) >= 11 is 5.61. The van der Waals surface area contributed by atoms with Crippen molar-refractivity contribution in [2.24, 2.45) is 0 Å². The molecule has 6 nitrogen and oxygen atoms in total. The van der Waals surface area contributed by atoms with Crippen molar-refractivity contribution in [3.8, 4) is 0 Å². The molecule has 0 spiro atoms. The van der Waals surface area contributed by atoms with E-state index < -0.39 is 35.9 Å². The molecule has 0 aliphatic heterocycles. The number of fused-ring (bicyclic) bond motifs is 1. The smallest absolute Gasteiger partial charge is 0.418 e. The molecule has 0 radical (unpaired) electrons. The van der Waals surface area contributed by atoms with Crippen molar-refractivity contribution in [3.05, 3.63) is 58.9 Å². The SMILES string of the molecule is CCc1nc2ccccc2n1CC(=O)OCC(=O)Nc1ccc(Cl)cc1C(F)(F)F. The van der Waals surface area contributed by atoms with Gasteiger partial charge in [0.1, 0.15) is 12.4 Å². The van der Waals surface area contributed by atoms with Crippen LogP contribution in [0.3, 0.4) is 0 Å². The highest BCUT2D eigenvalue weighted by Crippen LogP contribution is 2.36. The summed E-state index contributed by atoms with van der Waals surface area (Å²) in [4.78, 5) is 28.6. The molecule has 1 N–H and O–H groups in total. The first kappa shape index (κ1) is 21.6. The predicted molar refractivity (Wildman–Crippen MR) is 105 cm³/mol. The fourth-order valence-corrected chi connectivity index (χ4v) is 3.11. The first-order chi connectivity index (χ1) is 14.2. The van der Waals surface area contributed by atoms with Crippen molar-refractivity contribution in [1.82, 2.24) is 9.55 Å². The lowest BCUT2D eigenvalue weighted by molar-refractivity contribution is -0.148. The number of para-hydroxylation sites is 2. The minimum absolute atomic E-state index is 0.119. The number of nitrogens with zero attached hydrogens (tertiary/aromatic N) is 2. The third-order valence-electron chi connectivity index (χ3n) is 4.26. The Kier molecular flexibility index (Phi) is 6.31. The average Bonchev–Trinajstić information content (AvgIpc) is 3.04. The van der Waals surface area contributed by atoms with Crippen LogP contribution in [-0.2, 0) is 33.5 Å². The predicted octanol–water partition coefficient (Wildman–Crippen LogP) is 4.45. The number of carbonyl (C=O) groups excluding carboxylic acids is 2. The number of carbonyl (C=O) groups is 2. The summed E-state index contributed by atoms with van der Waals surface area (Å²) in [7, 11) is 0. The van der Waals surface area contributed by atoms with Gasteiger partial charge in [-0.1, -0.05) is 30.7 Å².